The van der Waals surface area contributed by atoms with Crippen LogP contribution < -0.4 is 0 Å². The monoisotopic (exact) mass is 236 g/mol. The molecule has 1 aliphatic rings. The van der Waals surface area contributed by atoms with Crippen LogP contribution in [0, 0.1) is 0 Å². The zero-order valence-corrected chi connectivity index (χ0v) is 9.21. The fourth-order valence-electron chi connectivity index (χ4n) is 1.05. The third-order valence-corrected chi connectivity index (χ3v) is 2.11. The van der Waals surface area contributed by atoms with Crippen molar-refractivity contribution in [3.8, 4) is 0 Å². The van der Waals surface area contributed by atoms with Crippen molar-refractivity contribution in [2.24, 2.45) is 0 Å². The second-order valence-electron chi connectivity index (χ2n) is 3.53. The Morgan fingerprint density at radius 3 is 2.12 bits per heavy atom. The molecular formula is C10H20O6. The number of carbonyl (C=O) groups is 1. The molecule has 1 aliphatic heterocycles. The molecule has 1 rings (SSSR count). The van der Waals surface area contributed by atoms with Gasteiger partial charge < -0.3 is 25.2 Å². The van der Waals surface area contributed by atoms with Gasteiger partial charge in [-0.25, -0.2) is 0 Å². The maximum Gasteiger partial charge on any atom is 0.305 e. The molecule has 0 spiro atoms. The third kappa shape index (κ3) is 7.58. The zero-order chi connectivity index (χ0) is 12.4. The molecule has 0 aromatic rings. The topological polar surface area (TPSA) is 107 Å². The lowest BCUT2D eigenvalue weighted by atomic mass is 10.2. The summed E-state index contributed by atoms with van der Waals surface area (Å²) in [6, 6.07) is 0. The maximum atomic E-state index is 10.5. The van der Waals surface area contributed by atoms with Gasteiger partial charge in [0.25, 0.3) is 0 Å². The van der Waals surface area contributed by atoms with E-state index in [0.29, 0.717) is 13.0 Å². The Morgan fingerprint density at radius 2 is 1.62 bits per heavy atom. The Balaban J connectivity index is 0.000000281. The van der Waals surface area contributed by atoms with Gasteiger partial charge in [0.2, 0.25) is 0 Å². The number of rotatable bonds is 3. The van der Waals surface area contributed by atoms with Crippen LogP contribution in [0.1, 0.15) is 25.7 Å². The summed E-state index contributed by atoms with van der Waals surface area (Å²) < 4.78 is 4.76. The maximum absolute atomic E-state index is 10.5. The second-order valence-corrected chi connectivity index (χ2v) is 3.53. The van der Waals surface area contributed by atoms with Crippen LogP contribution >= 0.6 is 0 Å². The first-order valence-electron chi connectivity index (χ1n) is 5.35. The lowest BCUT2D eigenvalue weighted by Gasteiger charge is -2.10. The van der Waals surface area contributed by atoms with Crippen molar-refractivity contribution in [1.82, 2.24) is 0 Å². The Hall–Kier alpha value is -0.690. The van der Waals surface area contributed by atoms with E-state index in [0.717, 1.165) is 19.3 Å². The molecule has 0 saturated carbocycles. The molecule has 0 unspecified atom stereocenters. The van der Waals surface area contributed by atoms with Gasteiger partial charge in [-0.2, -0.15) is 0 Å². The van der Waals surface area contributed by atoms with E-state index < -0.39 is 25.4 Å². The summed E-state index contributed by atoms with van der Waals surface area (Å²) in [5, 5.41) is 33.2. The van der Waals surface area contributed by atoms with Crippen LogP contribution in [-0.4, -0.2) is 58.4 Å². The van der Waals surface area contributed by atoms with Crippen LogP contribution in [0.25, 0.3) is 0 Å². The van der Waals surface area contributed by atoms with E-state index in [9.17, 15) is 4.79 Å². The van der Waals surface area contributed by atoms with Crippen molar-refractivity contribution in [2.75, 3.05) is 19.8 Å². The lowest BCUT2D eigenvalue weighted by molar-refractivity contribution is -0.142. The highest BCUT2D eigenvalue weighted by Gasteiger charge is 2.12. The Morgan fingerprint density at radius 1 is 1.06 bits per heavy atom. The van der Waals surface area contributed by atoms with Gasteiger partial charge in [-0.15, -0.1) is 0 Å². The van der Waals surface area contributed by atoms with Crippen molar-refractivity contribution < 1.29 is 30.0 Å². The highest BCUT2D eigenvalue weighted by atomic mass is 16.5. The molecule has 96 valence electrons. The van der Waals surface area contributed by atoms with Gasteiger partial charge in [0.1, 0.15) is 12.2 Å². The van der Waals surface area contributed by atoms with E-state index in [-0.39, 0.29) is 5.97 Å². The molecule has 1 fully saturated rings. The number of aliphatic hydroxyl groups excluding tert-OH is 4. The number of cyclic esters (lactones) is 1. The normalized spacial score (nSPS) is 19.9. The highest BCUT2D eigenvalue weighted by molar-refractivity contribution is 5.69. The summed E-state index contributed by atoms with van der Waals surface area (Å²) in [7, 11) is 0. The molecule has 0 aromatic carbocycles. The lowest BCUT2D eigenvalue weighted by Crippen LogP contribution is -2.31. The van der Waals surface area contributed by atoms with E-state index >= 15 is 0 Å². The van der Waals surface area contributed by atoms with E-state index in [1.807, 2.05) is 0 Å². The minimum atomic E-state index is -1.22. The molecule has 0 radical (unpaired) electrons. The summed E-state index contributed by atoms with van der Waals surface area (Å²) in [4.78, 5) is 10.5. The second kappa shape index (κ2) is 9.53. The van der Waals surface area contributed by atoms with Crippen LogP contribution in [0.2, 0.25) is 0 Å². The molecule has 0 aromatic heterocycles. The van der Waals surface area contributed by atoms with Gasteiger partial charge in [0.05, 0.1) is 19.8 Å². The Bertz CT molecular complexity index is 166. The first-order chi connectivity index (χ1) is 7.61. The average Bonchev–Trinajstić information content (AvgIpc) is 2.55. The van der Waals surface area contributed by atoms with Gasteiger partial charge >= 0.3 is 5.97 Å². The molecule has 4 N–H and O–H groups in total. The number of carbonyl (C=O) groups excluding carboxylic acids is 1. The molecule has 16 heavy (non-hydrogen) atoms. The standard InChI is InChI=1S/C6H10O2.C4H10O4/c7-6-4-2-1-3-5-8-6;5-1-3(7)4(8)2-6/h1-5H2;3-8H,1-2H2/t;3-,4+. The van der Waals surface area contributed by atoms with Crippen LogP contribution in [0.4, 0.5) is 0 Å². The predicted octanol–water partition coefficient (Wildman–Crippen LogP) is -1.20. The summed E-state index contributed by atoms with van der Waals surface area (Å²) in [5.74, 6) is -0.0255. The summed E-state index contributed by atoms with van der Waals surface area (Å²) in [5.41, 5.74) is 0. The SMILES string of the molecule is O=C1CCCCCO1.OC[C@@H](O)[C@@H](O)CO. The van der Waals surface area contributed by atoms with Gasteiger partial charge in [-0.1, -0.05) is 0 Å². The molecule has 0 aliphatic carbocycles. The van der Waals surface area contributed by atoms with Crippen LogP contribution in [0.3, 0.4) is 0 Å². The number of aliphatic hydroxyl groups is 4. The molecule has 0 amide bonds. The Kier molecular flexibility index (Phi) is 9.12. The predicted molar refractivity (Wildman–Crippen MR) is 55.6 cm³/mol. The number of hydrogen-bond acceptors (Lipinski definition) is 6. The number of hydrogen-bond donors (Lipinski definition) is 4. The molecule has 1 heterocycles. The summed E-state index contributed by atoms with van der Waals surface area (Å²) in [6.07, 6.45) is 1.39. The van der Waals surface area contributed by atoms with Gasteiger partial charge in [0, 0.05) is 6.42 Å². The minimum Gasteiger partial charge on any atom is -0.466 e. The smallest absolute Gasteiger partial charge is 0.305 e. The molecule has 1 saturated heterocycles. The van der Waals surface area contributed by atoms with Gasteiger partial charge in [-0.3, -0.25) is 4.79 Å². The highest BCUT2D eigenvalue weighted by Crippen LogP contribution is 2.06. The van der Waals surface area contributed by atoms with Crippen molar-refractivity contribution in [1.29, 1.82) is 0 Å². The molecular weight excluding hydrogens is 216 g/mol. The quantitative estimate of drug-likeness (QED) is 0.458. The molecule has 6 heteroatoms. The number of ether oxygens (including phenoxy) is 1. The van der Waals surface area contributed by atoms with Crippen LogP contribution in [-0.2, 0) is 9.53 Å². The van der Waals surface area contributed by atoms with E-state index in [1.54, 1.807) is 0 Å². The van der Waals surface area contributed by atoms with Crippen molar-refractivity contribution >= 4 is 5.97 Å². The molecule has 0 bridgehead atoms. The average molecular weight is 236 g/mol. The summed E-state index contributed by atoms with van der Waals surface area (Å²) in [6.45, 7) is -0.414. The van der Waals surface area contributed by atoms with Crippen molar-refractivity contribution in [3.63, 3.8) is 0 Å². The zero-order valence-electron chi connectivity index (χ0n) is 9.21. The number of esters is 1. The molecule has 6 nitrogen and oxygen atoms in total. The fraction of sp³-hybridized carbons (Fsp3) is 0.900. The Labute approximate surface area is 94.5 Å². The van der Waals surface area contributed by atoms with Crippen molar-refractivity contribution in [3.05, 3.63) is 0 Å². The summed E-state index contributed by atoms with van der Waals surface area (Å²) >= 11 is 0. The first kappa shape index (κ1) is 15.3. The minimum absolute atomic E-state index is 0.0255. The first-order valence-corrected chi connectivity index (χ1v) is 5.35. The van der Waals surface area contributed by atoms with Gasteiger partial charge in [0.15, 0.2) is 0 Å². The van der Waals surface area contributed by atoms with Crippen LogP contribution in [0.15, 0.2) is 0 Å². The fourth-order valence-corrected chi connectivity index (χ4v) is 1.05. The third-order valence-electron chi connectivity index (χ3n) is 2.11. The van der Waals surface area contributed by atoms with E-state index in [4.69, 9.17) is 25.2 Å². The largest absolute Gasteiger partial charge is 0.466 e. The van der Waals surface area contributed by atoms with E-state index in [1.165, 1.54) is 0 Å². The van der Waals surface area contributed by atoms with Crippen molar-refractivity contribution in [2.45, 2.75) is 37.9 Å². The van der Waals surface area contributed by atoms with Crippen LogP contribution in [0.5, 0.6) is 0 Å². The van der Waals surface area contributed by atoms with Gasteiger partial charge in [-0.05, 0) is 19.3 Å². The molecule has 2 atom stereocenters. The van der Waals surface area contributed by atoms with E-state index in [2.05, 4.69) is 0 Å².